The predicted molar refractivity (Wildman–Crippen MR) is 110 cm³/mol. The van der Waals surface area contributed by atoms with Crippen molar-refractivity contribution in [1.29, 1.82) is 0 Å². The summed E-state index contributed by atoms with van der Waals surface area (Å²) in [6.07, 6.45) is 0.299. The molecule has 1 aliphatic heterocycles. The second-order valence-corrected chi connectivity index (χ2v) is 7.18. The van der Waals surface area contributed by atoms with Gasteiger partial charge in [0.15, 0.2) is 5.54 Å². The quantitative estimate of drug-likeness (QED) is 0.386. The lowest BCUT2D eigenvalue weighted by Crippen LogP contribution is -2.46. The third-order valence-corrected chi connectivity index (χ3v) is 5.22. The van der Waals surface area contributed by atoms with Gasteiger partial charge in [-0.25, -0.2) is 4.79 Å². The summed E-state index contributed by atoms with van der Waals surface area (Å²) in [4.78, 5) is 38.1. The number of non-ortho nitro benzene ring substituents is 1. The molecule has 1 N–H and O–H groups in total. The van der Waals surface area contributed by atoms with E-state index in [-0.39, 0.29) is 18.1 Å². The zero-order valence-electron chi connectivity index (χ0n) is 16.0. The number of carbonyl (C=O) groups excluding carboxylic acids is 2. The van der Waals surface area contributed by atoms with Gasteiger partial charge in [-0.1, -0.05) is 72.8 Å². The normalized spacial score (nSPS) is 18.3. The number of nitro benzene ring substituents is 1. The molecule has 0 aromatic heterocycles. The molecule has 0 spiro atoms. The van der Waals surface area contributed by atoms with E-state index in [4.69, 9.17) is 0 Å². The fourth-order valence-corrected chi connectivity index (χ4v) is 3.76. The van der Waals surface area contributed by atoms with E-state index in [1.807, 2.05) is 60.7 Å². The molecule has 1 aliphatic rings. The predicted octanol–water partition coefficient (Wildman–Crippen LogP) is 3.78. The number of hydrogen-bond donors (Lipinski definition) is 1. The van der Waals surface area contributed by atoms with E-state index in [0.717, 1.165) is 10.5 Å². The molecule has 1 heterocycles. The summed E-state index contributed by atoms with van der Waals surface area (Å²) in [5.41, 5.74) is 0.788. The summed E-state index contributed by atoms with van der Waals surface area (Å²) in [7, 11) is 0. The smallest absolute Gasteiger partial charge is 0.319 e. The molecule has 0 saturated carbocycles. The third-order valence-electron chi connectivity index (χ3n) is 5.22. The largest absolute Gasteiger partial charge is 0.325 e. The number of benzene rings is 3. The Morgan fingerprint density at radius 3 is 2.17 bits per heavy atom. The van der Waals surface area contributed by atoms with Gasteiger partial charge in [0.1, 0.15) is 0 Å². The Kier molecular flexibility index (Phi) is 5.02. The first-order valence-corrected chi connectivity index (χ1v) is 9.46. The molecule has 0 bridgehead atoms. The van der Waals surface area contributed by atoms with Crippen LogP contribution in [0.15, 0.2) is 84.9 Å². The van der Waals surface area contributed by atoms with Gasteiger partial charge in [-0.15, -0.1) is 0 Å². The maximum absolute atomic E-state index is 13.6. The molecule has 1 fully saturated rings. The maximum Gasteiger partial charge on any atom is 0.325 e. The van der Waals surface area contributed by atoms with Crippen molar-refractivity contribution in [3.05, 3.63) is 112 Å². The average Bonchev–Trinajstić information content (AvgIpc) is 3.00. The number of nitro groups is 1. The van der Waals surface area contributed by atoms with Crippen LogP contribution in [0, 0.1) is 10.1 Å². The van der Waals surface area contributed by atoms with Crippen LogP contribution in [0.4, 0.5) is 10.5 Å². The summed E-state index contributed by atoms with van der Waals surface area (Å²) < 4.78 is 0. The van der Waals surface area contributed by atoms with E-state index in [0.29, 0.717) is 17.5 Å². The van der Waals surface area contributed by atoms with Gasteiger partial charge in [-0.05, 0) is 16.7 Å². The van der Waals surface area contributed by atoms with E-state index in [1.165, 1.54) is 12.1 Å². The van der Waals surface area contributed by atoms with Crippen LogP contribution in [0.25, 0.3) is 0 Å². The molecule has 0 aliphatic carbocycles. The number of carbonyl (C=O) groups is 2. The van der Waals surface area contributed by atoms with Crippen molar-refractivity contribution < 1.29 is 14.5 Å². The number of hydrogen-bond acceptors (Lipinski definition) is 4. The summed E-state index contributed by atoms with van der Waals surface area (Å²) in [5, 5.41) is 13.9. The first-order valence-electron chi connectivity index (χ1n) is 9.46. The molecule has 30 heavy (non-hydrogen) atoms. The van der Waals surface area contributed by atoms with Crippen molar-refractivity contribution in [2.75, 3.05) is 0 Å². The highest BCUT2D eigenvalue weighted by Crippen LogP contribution is 2.34. The van der Waals surface area contributed by atoms with Crippen LogP contribution in [-0.4, -0.2) is 21.8 Å². The van der Waals surface area contributed by atoms with E-state index < -0.39 is 16.5 Å². The molecule has 1 atom stereocenters. The van der Waals surface area contributed by atoms with E-state index in [2.05, 4.69) is 5.32 Å². The minimum absolute atomic E-state index is 0.0459. The fraction of sp³-hybridized carbons (Fsp3) is 0.130. The highest BCUT2D eigenvalue weighted by atomic mass is 16.6. The van der Waals surface area contributed by atoms with Gasteiger partial charge in [0.25, 0.3) is 11.6 Å². The van der Waals surface area contributed by atoms with Gasteiger partial charge in [-0.2, -0.15) is 0 Å². The van der Waals surface area contributed by atoms with Gasteiger partial charge in [0, 0.05) is 18.6 Å². The van der Waals surface area contributed by atoms with Crippen molar-refractivity contribution in [2.24, 2.45) is 0 Å². The van der Waals surface area contributed by atoms with Gasteiger partial charge in [-0.3, -0.25) is 19.8 Å². The molecule has 3 aromatic carbocycles. The first kappa shape index (κ1) is 19.3. The first-order chi connectivity index (χ1) is 14.5. The van der Waals surface area contributed by atoms with Crippen LogP contribution in [0.1, 0.15) is 16.7 Å². The summed E-state index contributed by atoms with van der Waals surface area (Å²) in [6, 6.07) is 24.0. The zero-order chi connectivity index (χ0) is 21.1. The summed E-state index contributed by atoms with van der Waals surface area (Å²) in [5.74, 6) is -0.381. The Hall–Kier alpha value is -4.00. The monoisotopic (exact) mass is 401 g/mol. The molecule has 4 rings (SSSR count). The number of amides is 3. The maximum atomic E-state index is 13.6. The molecule has 1 saturated heterocycles. The lowest BCUT2D eigenvalue weighted by atomic mass is 9.83. The molecule has 150 valence electrons. The molecule has 0 unspecified atom stereocenters. The van der Waals surface area contributed by atoms with Crippen LogP contribution in [0.2, 0.25) is 0 Å². The van der Waals surface area contributed by atoms with Crippen molar-refractivity contribution in [3.8, 4) is 0 Å². The fourth-order valence-electron chi connectivity index (χ4n) is 3.76. The minimum Gasteiger partial charge on any atom is -0.319 e. The SMILES string of the molecule is O=C1N[C@@](Cc2ccccc2)(c2ccccc2)C(=O)N1Cc1cccc([N+](=O)[O-])c1. The van der Waals surface area contributed by atoms with Gasteiger partial charge in [0.2, 0.25) is 0 Å². The number of urea groups is 1. The standard InChI is InChI=1S/C23H19N3O4/c27-21-23(19-11-5-2-6-12-19,15-17-8-3-1-4-9-17)24-22(28)25(21)16-18-10-7-13-20(14-18)26(29)30/h1-14H,15-16H2,(H,24,28)/t23-/m0/s1. The molecule has 7 heteroatoms. The highest BCUT2D eigenvalue weighted by molar-refractivity contribution is 6.07. The minimum atomic E-state index is -1.24. The second-order valence-electron chi connectivity index (χ2n) is 7.18. The highest BCUT2D eigenvalue weighted by Gasteiger charge is 2.52. The molecular weight excluding hydrogens is 382 g/mol. The molecule has 0 radical (unpaired) electrons. The molecule has 7 nitrogen and oxygen atoms in total. The van der Waals surface area contributed by atoms with Crippen LogP contribution < -0.4 is 5.32 Å². The number of imide groups is 1. The number of nitrogens with zero attached hydrogens (tertiary/aromatic N) is 2. The van der Waals surface area contributed by atoms with E-state index >= 15 is 0 Å². The zero-order valence-corrected chi connectivity index (χ0v) is 16.0. The Balaban J connectivity index is 1.70. The lowest BCUT2D eigenvalue weighted by molar-refractivity contribution is -0.384. The van der Waals surface area contributed by atoms with Crippen molar-refractivity contribution in [1.82, 2.24) is 10.2 Å². The van der Waals surface area contributed by atoms with Crippen molar-refractivity contribution >= 4 is 17.6 Å². The number of rotatable bonds is 6. The Morgan fingerprint density at radius 2 is 1.50 bits per heavy atom. The van der Waals surface area contributed by atoms with Crippen LogP contribution in [0.3, 0.4) is 0 Å². The number of nitrogens with one attached hydrogen (secondary N) is 1. The van der Waals surface area contributed by atoms with E-state index in [1.54, 1.807) is 12.1 Å². The van der Waals surface area contributed by atoms with Crippen LogP contribution in [-0.2, 0) is 23.3 Å². The van der Waals surface area contributed by atoms with Crippen molar-refractivity contribution in [2.45, 2.75) is 18.5 Å². The Morgan fingerprint density at radius 1 is 0.867 bits per heavy atom. The van der Waals surface area contributed by atoms with Gasteiger partial charge >= 0.3 is 6.03 Å². The van der Waals surface area contributed by atoms with Crippen LogP contribution >= 0.6 is 0 Å². The molecule has 3 amide bonds. The van der Waals surface area contributed by atoms with Crippen molar-refractivity contribution in [3.63, 3.8) is 0 Å². The molecule has 3 aromatic rings. The Labute approximate surface area is 173 Å². The second kappa shape index (κ2) is 7.79. The van der Waals surface area contributed by atoms with Gasteiger partial charge in [0.05, 0.1) is 11.5 Å². The van der Waals surface area contributed by atoms with Gasteiger partial charge < -0.3 is 5.32 Å². The summed E-state index contributed by atoms with van der Waals surface area (Å²) >= 11 is 0. The summed E-state index contributed by atoms with van der Waals surface area (Å²) in [6.45, 7) is -0.0459. The average molecular weight is 401 g/mol. The topological polar surface area (TPSA) is 92.6 Å². The Bertz CT molecular complexity index is 1100. The third kappa shape index (κ3) is 3.53. The van der Waals surface area contributed by atoms with Crippen LogP contribution in [0.5, 0.6) is 0 Å². The van der Waals surface area contributed by atoms with E-state index in [9.17, 15) is 19.7 Å². The lowest BCUT2D eigenvalue weighted by Gasteiger charge is -2.27. The molecular formula is C23H19N3O4.